The molecule has 0 radical (unpaired) electrons. The zero-order chi connectivity index (χ0) is 11.9. The number of aromatic nitrogens is 1. The Morgan fingerprint density at radius 1 is 1.06 bits per heavy atom. The van der Waals surface area contributed by atoms with Crippen LogP contribution < -0.4 is 0 Å². The van der Waals surface area contributed by atoms with E-state index in [2.05, 4.69) is 69.6 Å². The first-order valence-corrected chi connectivity index (χ1v) is 6.01. The molecule has 2 aromatic rings. The Hall–Kier alpha value is -1.24. The molecule has 0 saturated carbocycles. The van der Waals surface area contributed by atoms with Gasteiger partial charge >= 0.3 is 0 Å². The van der Waals surface area contributed by atoms with Gasteiger partial charge in [-0.25, -0.2) is 0 Å². The first kappa shape index (κ1) is 11.3. The van der Waals surface area contributed by atoms with Gasteiger partial charge in [-0.05, 0) is 37.0 Å². The molecule has 1 heteroatoms. The highest BCUT2D eigenvalue weighted by atomic mass is 15.0. The minimum Gasteiger partial charge on any atom is -0.345 e. The van der Waals surface area contributed by atoms with Crippen LogP contribution in [0.15, 0.2) is 30.5 Å². The summed E-state index contributed by atoms with van der Waals surface area (Å²) in [5.74, 6) is 0. The number of nitrogens with zero attached hydrogens (tertiary/aromatic N) is 1. The largest absolute Gasteiger partial charge is 0.345 e. The van der Waals surface area contributed by atoms with Crippen LogP contribution in [0.4, 0.5) is 0 Å². The average Bonchev–Trinajstić information content (AvgIpc) is 2.58. The molecular weight excluding hydrogens is 194 g/mol. The summed E-state index contributed by atoms with van der Waals surface area (Å²) in [6.45, 7) is 11.3. The molecule has 1 heterocycles. The van der Waals surface area contributed by atoms with Gasteiger partial charge in [0.2, 0.25) is 0 Å². The van der Waals surface area contributed by atoms with Crippen LogP contribution in [-0.2, 0) is 5.41 Å². The molecule has 1 nitrogen and oxygen atoms in total. The van der Waals surface area contributed by atoms with Crippen LogP contribution in [0.25, 0.3) is 10.9 Å². The maximum absolute atomic E-state index is 2.34. The molecule has 0 atom stereocenters. The van der Waals surface area contributed by atoms with Gasteiger partial charge in [0.25, 0.3) is 0 Å². The summed E-state index contributed by atoms with van der Waals surface area (Å²) in [7, 11) is 0. The Kier molecular flexibility index (Phi) is 2.57. The fourth-order valence-corrected chi connectivity index (χ4v) is 2.29. The lowest BCUT2D eigenvalue weighted by molar-refractivity contribution is 0.595. The van der Waals surface area contributed by atoms with Gasteiger partial charge in [-0.1, -0.05) is 32.9 Å². The molecule has 0 bridgehead atoms. The van der Waals surface area contributed by atoms with Crippen LogP contribution in [0.1, 0.15) is 46.2 Å². The first-order chi connectivity index (χ1) is 7.41. The van der Waals surface area contributed by atoms with E-state index in [1.807, 2.05) is 0 Å². The molecule has 0 saturated heterocycles. The van der Waals surface area contributed by atoms with E-state index in [1.54, 1.807) is 0 Å². The molecule has 0 aliphatic heterocycles. The number of rotatable bonds is 1. The fourth-order valence-electron chi connectivity index (χ4n) is 2.29. The Labute approximate surface area is 98.1 Å². The summed E-state index contributed by atoms with van der Waals surface area (Å²) in [4.78, 5) is 0. The van der Waals surface area contributed by atoms with Crippen molar-refractivity contribution in [2.24, 2.45) is 0 Å². The van der Waals surface area contributed by atoms with E-state index in [0.717, 1.165) is 0 Å². The first-order valence-electron chi connectivity index (χ1n) is 6.01. The zero-order valence-corrected chi connectivity index (χ0v) is 10.9. The van der Waals surface area contributed by atoms with Crippen LogP contribution in [0.3, 0.4) is 0 Å². The topological polar surface area (TPSA) is 4.93 Å². The van der Waals surface area contributed by atoms with Crippen LogP contribution >= 0.6 is 0 Å². The van der Waals surface area contributed by atoms with E-state index in [4.69, 9.17) is 0 Å². The van der Waals surface area contributed by atoms with Crippen LogP contribution in [0.2, 0.25) is 0 Å². The van der Waals surface area contributed by atoms with Crippen molar-refractivity contribution in [3.63, 3.8) is 0 Å². The van der Waals surface area contributed by atoms with Crippen LogP contribution in [0, 0.1) is 0 Å². The summed E-state index contributed by atoms with van der Waals surface area (Å²) in [6, 6.07) is 9.39. The number of benzene rings is 1. The molecule has 0 spiro atoms. The molecule has 0 aliphatic carbocycles. The van der Waals surface area contributed by atoms with E-state index < -0.39 is 0 Å². The molecule has 2 rings (SSSR count). The highest BCUT2D eigenvalue weighted by molar-refractivity contribution is 5.84. The van der Waals surface area contributed by atoms with Crippen molar-refractivity contribution in [2.75, 3.05) is 0 Å². The van der Waals surface area contributed by atoms with E-state index >= 15 is 0 Å². The normalized spacial score (nSPS) is 12.6. The summed E-state index contributed by atoms with van der Waals surface area (Å²) < 4.78 is 2.34. The monoisotopic (exact) mass is 215 g/mol. The molecule has 0 unspecified atom stereocenters. The van der Waals surface area contributed by atoms with Crippen molar-refractivity contribution in [1.82, 2.24) is 4.57 Å². The second-order valence-electron chi connectivity index (χ2n) is 5.81. The lowest BCUT2D eigenvalue weighted by Crippen LogP contribution is -2.11. The van der Waals surface area contributed by atoms with Crippen molar-refractivity contribution in [1.29, 1.82) is 0 Å². The van der Waals surface area contributed by atoms with Gasteiger partial charge < -0.3 is 4.57 Å². The molecule has 0 fully saturated rings. The highest BCUT2D eigenvalue weighted by Gasteiger charge is 2.17. The van der Waals surface area contributed by atoms with E-state index in [1.165, 1.54) is 16.5 Å². The maximum Gasteiger partial charge on any atom is 0.0485 e. The Balaban J connectivity index is 2.72. The quantitative estimate of drug-likeness (QED) is 0.659. The number of fused-ring (bicyclic) bond motifs is 1. The minimum absolute atomic E-state index is 0.211. The Morgan fingerprint density at radius 2 is 1.75 bits per heavy atom. The molecule has 0 amide bonds. The van der Waals surface area contributed by atoms with Gasteiger partial charge in [-0.15, -0.1) is 0 Å². The van der Waals surface area contributed by atoms with Crippen molar-refractivity contribution in [3.05, 3.63) is 36.0 Å². The molecular formula is C15H21N. The second kappa shape index (κ2) is 3.65. The second-order valence-corrected chi connectivity index (χ2v) is 5.81. The van der Waals surface area contributed by atoms with Crippen LogP contribution in [0.5, 0.6) is 0 Å². The van der Waals surface area contributed by atoms with Gasteiger partial charge in [0.05, 0.1) is 0 Å². The summed E-state index contributed by atoms with van der Waals surface area (Å²) in [6.07, 6.45) is 2.20. The number of hydrogen-bond donors (Lipinski definition) is 0. The van der Waals surface area contributed by atoms with Gasteiger partial charge in [0, 0.05) is 23.1 Å². The number of hydrogen-bond acceptors (Lipinski definition) is 0. The lowest BCUT2D eigenvalue weighted by atomic mass is 9.85. The summed E-state index contributed by atoms with van der Waals surface area (Å²) >= 11 is 0. The standard InChI is InChI=1S/C15H21N/c1-11(2)16-10-9-12-13(15(3,4)5)7-6-8-14(12)16/h6-11H,1-5H3. The predicted molar refractivity (Wildman–Crippen MR) is 71.0 cm³/mol. The molecule has 16 heavy (non-hydrogen) atoms. The minimum atomic E-state index is 0.211. The molecule has 0 aliphatic rings. The average molecular weight is 215 g/mol. The van der Waals surface area contributed by atoms with E-state index in [9.17, 15) is 0 Å². The third-order valence-corrected chi connectivity index (χ3v) is 3.13. The van der Waals surface area contributed by atoms with Gasteiger partial charge in [0.15, 0.2) is 0 Å². The van der Waals surface area contributed by atoms with Gasteiger partial charge in [0.1, 0.15) is 0 Å². The van der Waals surface area contributed by atoms with Crippen molar-refractivity contribution < 1.29 is 0 Å². The summed E-state index contributed by atoms with van der Waals surface area (Å²) in [5.41, 5.74) is 3.00. The van der Waals surface area contributed by atoms with Crippen LogP contribution in [-0.4, -0.2) is 4.57 Å². The van der Waals surface area contributed by atoms with Crippen molar-refractivity contribution >= 4 is 10.9 Å². The molecule has 86 valence electrons. The smallest absolute Gasteiger partial charge is 0.0485 e. The third-order valence-electron chi connectivity index (χ3n) is 3.13. The fraction of sp³-hybridized carbons (Fsp3) is 0.467. The third kappa shape index (κ3) is 1.75. The van der Waals surface area contributed by atoms with E-state index in [0.29, 0.717) is 6.04 Å². The highest BCUT2D eigenvalue weighted by Crippen LogP contribution is 2.31. The molecule has 0 N–H and O–H groups in total. The molecule has 1 aromatic carbocycles. The van der Waals surface area contributed by atoms with Gasteiger partial charge in [-0.2, -0.15) is 0 Å². The zero-order valence-electron chi connectivity index (χ0n) is 10.9. The van der Waals surface area contributed by atoms with Gasteiger partial charge in [-0.3, -0.25) is 0 Å². The van der Waals surface area contributed by atoms with Crippen molar-refractivity contribution in [2.45, 2.75) is 46.1 Å². The van der Waals surface area contributed by atoms with E-state index in [-0.39, 0.29) is 5.41 Å². The van der Waals surface area contributed by atoms with Crippen molar-refractivity contribution in [3.8, 4) is 0 Å². The molecule has 1 aromatic heterocycles. The predicted octanol–water partition coefficient (Wildman–Crippen LogP) is 4.52. The lowest BCUT2D eigenvalue weighted by Gasteiger charge is -2.20. The maximum atomic E-state index is 2.34. The Bertz CT molecular complexity index is 498. The Morgan fingerprint density at radius 3 is 2.31 bits per heavy atom. The SMILES string of the molecule is CC(C)n1ccc2c(C(C)(C)C)cccc21. The summed E-state index contributed by atoms with van der Waals surface area (Å²) in [5, 5.41) is 1.39.